The van der Waals surface area contributed by atoms with Gasteiger partial charge in [-0.15, -0.1) is 0 Å². The van der Waals surface area contributed by atoms with Crippen LogP contribution in [0, 0.1) is 0 Å². The van der Waals surface area contributed by atoms with Crippen LogP contribution in [0.1, 0.15) is 5.56 Å². The SMILES string of the molecule is S=C(Nc1ccc(Cl)cc1)Nc1cnn(Cc2c(Cl)cccc2Cl)c1. The summed E-state index contributed by atoms with van der Waals surface area (Å²) in [5, 5.41) is 12.8. The summed E-state index contributed by atoms with van der Waals surface area (Å²) >= 11 is 23.5. The second-order valence-corrected chi connectivity index (χ2v) is 6.87. The van der Waals surface area contributed by atoms with E-state index in [0.717, 1.165) is 16.9 Å². The molecule has 0 saturated heterocycles. The van der Waals surface area contributed by atoms with Gasteiger partial charge in [0.1, 0.15) is 0 Å². The fraction of sp³-hybridized carbons (Fsp3) is 0.0588. The Hall–Kier alpha value is -1.79. The zero-order chi connectivity index (χ0) is 17.8. The largest absolute Gasteiger partial charge is 0.332 e. The molecule has 8 heteroatoms. The van der Waals surface area contributed by atoms with Crippen LogP contribution < -0.4 is 10.6 Å². The minimum Gasteiger partial charge on any atom is -0.332 e. The van der Waals surface area contributed by atoms with E-state index in [1.807, 2.05) is 24.4 Å². The van der Waals surface area contributed by atoms with Gasteiger partial charge in [0.2, 0.25) is 0 Å². The minimum absolute atomic E-state index is 0.456. The van der Waals surface area contributed by atoms with Crippen molar-refractivity contribution < 1.29 is 0 Å². The molecular formula is C17H13Cl3N4S. The van der Waals surface area contributed by atoms with Crippen molar-refractivity contribution >= 4 is 63.5 Å². The lowest BCUT2D eigenvalue weighted by Crippen LogP contribution is -2.18. The molecule has 2 aromatic carbocycles. The summed E-state index contributed by atoms with van der Waals surface area (Å²) in [6.07, 6.45) is 3.51. The maximum Gasteiger partial charge on any atom is 0.175 e. The Morgan fingerprint density at radius 3 is 2.28 bits per heavy atom. The minimum atomic E-state index is 0.456. The fourth-order valence-electron chi connectivity index (χ4n) is 2.19. The quantitative estimate of drug-likeness (QED) is 0.540. The van der Waals surface area contributed by atoms with Gasteiger partial charge < -0.3 is 10.6 Å². The molecule has 0 aliphatic carbocycles. The van der Waals surface area contributed by atoms with Crippen LogP contribution in [0.4, 0.5) is 11.4 Å². The van der Waals surface area contributed by atoms with Gasteiger partial charge in [-0.1, -0.05) is 40.9 Å². The molecule has 128 valence electrons. The number of nitrogens with zero attached hydrogens (tertiary/aromatic N) is 2. The molecule has 1 heterocycles. The molecule has 0 aliphatic rings. The van der Waals surface area contributed by atoms with Crippen molar-refractivity contribution in [2.45, 2.75) is 6.54 Å². The average Bonchev–Trinajstić information content (AvgIpc) is 3.00. The summed E-state index contributed by atoms with van der Waals surface area (Å²) in [7, 11) is 0. The number of aromatic nitrogens is 2. The van der Waals surface area contributed by atoms with E-state index in [1.165, 1.54) is 0 Å². The molecule has 1 aromatic heterocycles. The molecule has 0 fully saturated rings. The van der Waals surface area contributed by atoms with Gasteiger partial charge in [-0.2, -0.15) is 5.10 Å². The van der Waals surface area contributed by atoms with Crippen LogP contribution in [0.3, 0.4) is 0 Å². The first-order chi connectivity index (χ1) is 12.0. The smallest absolute Gasteiger partial charge is 0.175 e. The Morgan fingerprint density at radius 2 is 1.60 bits per heavy atom. The van der Waals surface area contributed by atoms with E-state index >= 15 is 0 Å². The summed E-state index contributed by atoms with van der Waals surface area (Å²) in [6, 6.07) is 12.7. The van der Waals surface area contributed by atoms with Gasteiger partial charge in [-0.05, 0) is 48.6 Å². The van der Waals surface area contributed by atoms with E-state index in [1.54, 1.807) is 35.1 Å². The van der Waals surface area contributed by atoms with Gasteiger partial charge in [-0.25, -0.2) is 0 Å². The number of hydrogen-bond donors (Lipinski definition) is 2. The molecule has 0 amide bonds. The summed E-state index contributed by atoms with van der Waals surface area (Å²) in [6.45, 7) is 0.470. The number of anilines is 2. The molecule has 0 bridgehead atoms. The topological polar surface area (TPSA) is 41.9 Å². The molecule has 3 aromatic rings. The Kier molecular flexibility index (Phi) is 5.81. The first kappa shape index (κ1) is 18.0. The lowest BCUT2D eigenvalue weighted by molar-refractivity contribution is 0.687. The molecule has 2 N–H and O–H groups in total. The Balaban J connectivity index is 1.63. The number of nitrogens with one attached hydrogen (secondary N) is 2. The molecule has 0 aliphatic heterocycles. The molecule has 4 nitrogen and oxygen atoms in total. The van der Waals surface area contributed by atoms with Crippen LogP contribution in [0.2, 0.25) is 15.1 Å². The van der Waals surface area contributed by atoms with E-state index in [4.69, 9.17) is 47.0 Å². The van der Waals surface area contributed by atoms with Gasteiger partial charge >= 0.3 is 0 Å². The molecule has 0 spiro atoms. The standard InChI is InChI=1S/C17H13Cl3N4S/c18-11-4-6-12(7-5-11)22-17(25)23-13-8-21-24(9-13)10-14-15(19)2-1-3-16(14)20/h1-9H,10H2,(H2,22,23,25). The first-order valence-corrected chi connectivity index (χ1v) is 8.84. The maximum absolute atomic E-state index is 6.19. The van der Waals surface area contributed by atoms with Crippen LogP contribution in [-0.2, 0) is 6.54 Å². The Bertz CT molecular complexity index is 873. The van der Waals surface area contributed by atoms with Gasteiger partial charge in [-0.3, -0.25) is 4.68 Å². The highest BCUT2D eigenvalue weighted by Gasteiger charge is 2.08. The van der Waals surface area contributed by atoms with Crippen LogP contribution in [0.25, 0.3) is 0 Å². The predicted molar refractivity (Wildman–Crippen MR) is 109 cm³/mol. The van der Waals surface area contributed by atoms with Gasteiger partial charge in [0.15, 0.2) is 5.11 Å². The third kappa shape index (κ3) is 4.86. The third-order valence-electron chi connectivity index (χ3n) is 3.38. The van der Waals surface area contributed by atoms with Crippen LogP contribution in [-0.4, -0.2) is 14.9 Å². The second kappa shape index (κ2) is 8.06. The van der Waals surface area contributed by atoms with E-state index in [9.17, 15) is 0 Å². The highest BCUT2D eigenvalue weighted by Crippen LogP contribution is 2.25. The summed E-state index contributed by atoms with van der Waals surface area (Å²) in [5.41, 5.74) is 2.43. The molecule has 0 unspecified atom stereocenters. The summed E-state index contributed by atoms with van der Waals surface area (Å²) < 4.78 is 1.74. The summed E-state index contributed by atoms with van der Waals surface area (Å²) in [4.78, 5) is 0. The zero-order valence-corrected chi connectivity index (χ0v) is 15.9. The van der Waals surface area contributed by atoms with E-state index in [0.29, 0.717) is 26.7 Å². The average molecular weight is 412 g/mol. The predicted octanol–water partition coefficient (Wildman–Crippen LogP) is 5.70. The van der Waals surface area contributed by atoms with Crippen molar-refractivity contribution in [3.05, 3.63) is 75.5 Å². The van der Waals surface area contributed by atoms with E-state index in [-0.39, 0.29) is 0 Å². The Labute approximate surface area is 165 Å². The number of thiocarbonyl (C=S) groups is 1. The summed E-state index contributed by atoms with van der Waals surface area (Å²) in [5.74, 6) is 0. The molecular weight excluding hydrogens is 399 g/mol. The van der Waals surface area contributed by atoms with Crippen LogP contribution in [0.15, 0.2) is 54.9 Å². The first-order valence-electron chi connectivity index (χ1n) is 7.30. The maximum atomic E-state index is 6.19. The van der Waals surface area contributed by atoms with Gasteiger partial charge in [0.05, 0.1) is 18.4 Å². The normalized spacial score (nSPS) is 10.5. The van der Waals surface area contributed by atoms with Crippen molar-refractivity contribution in [2.24, 2.45) is 0 Å². The molecule has 25 heavy (non-hydrogen) atoms. The second-order valence-electron chi connectivity index (χ2n) is 5.21. The highest BCUT2D eigenvalue weighted by molar-refractivity contribution is 7.80. The monoisotopic (exact) mass is 410 g/mol. The highest BCUT2D eigenvalue weighted by atomic mass is 35.5. The molecule has 0 atom stereocenters. The van der Waals surface area contributed by atoms with Crippen molar-refractivity contribution in [3.8, 4) is 0 Å². The number of hydrogen-bond acceptors (Lipinski definition) is 2. The number of halogens is 3. The Morgan fingerprint density at radius 1 is 0.960 bits per heavy atom. The lowest BCUT2D eigenvalue weighted by Gasteiger charge is -2.09. The zero-order valence-electron chi connectivity index (χ0n) is 12.8. The number of rotatable bonds is 4. The third-order valence-corrected chi connectivity index (χ3v) is 4.54. The number of benzene rings is 2. The van der Waals surface area contributed by atoms with Crippen molar-refractivity contribution in [3.63, 3.8) is 0 Å². The van der Waals surface area contributed by atoms with Gasteiger partial charge in [0.25, 0.3) is 0 Å². The molecule has 3 rings (SSSR count). The van der Waals surface area contributed by atoms with Crippen LogP contribution in [0.5, 0.6) is 0 Å². The van der Waals surface area contributed by atoms with Gasteiger partial charge in [0, 0.05) is 32.5 Å². The van der Waals surface area contributed by atoms with Crippen LogP contribution >= 0.6 is 47.0 Å². The van der Waals surface area contributed by atoms with E-state index in [2.05, 4.69) is 15.7 Å². The molecule has 0 saturated carbocycles. The van der Waals surface area contributed by atoms with E-state index < -0.39 is 0 Å². The van der Waals surface area contributed by atoms with Crippen molar-refractivity contribution in [2.75, 3.05) is 10.6 Å². The van der Waals surface area contributed by atoms with Crippen molar-refractivity contribution in [1.29, 1.82) is 0 Å². The molecule has 0 radical (unpaired) electrons. The fourth-order valence-corrected chi connectivity index (χ4v) is 3.07. The van der Waals surface area contributed by atoms with Crippen molar-refractivity contribution in [1.82, 2.24) is 9.78 Å². The lowest BCUT2D eigenvalue weighted by atomic mass is 10.2.